The lowest BCUT2D eigenvalue weighted by molar-refractivity contribution is -0.116. The van der Waals surface area contributed by atoms with Crippen LogP contribution in [0, 0.1) is 0 Å². The van der Waals surface area contributed by atoms with Gasteiger partial charge in [-0.15, -0.1) is 0 Å². The van der Waals surface area contributed by atoms with E-state index in [0.717, 1.165) is 30.4 Å². The van der Waals surface area contributed by atoms with Crippen LogP contribution >= 0.6 is 0 Å². The van der Waals surface area contributed by atoms with Gasteiger partial charge in [-0.25, -0.2) is 0 Å². The number of carbonyl (C=O) groups is 1. The van der Waals surface area contributed by atoms with Gasteiger partial charge in [0.25, 0.3) is 0 Å². The molecule has 4 heteroatoms. The first-order chi connectivity index (χ1) is 9.81. The predicted molar refractivity (Wildman–Crippen MR) is 77.2 cm³/mol. The summed E-state index contributed by atoms with van der Waals surface area (Å²) >= 11 is 0. The number of benzene rings is 1. The highest BCUT2D eigenvalue weighted by Gasteiger charge is 2.15. The number of carbonyl (C=O) groups excluding carboxylic acids is 1. The molecule has 1 aliphatic heterocycles. The van der Waals surface area contributed by atoms with Gasteiger partial charge in [-0.2, -0.15) is 0 Å². The molecule has 1 atom stereocenters. The Balaban J connectivity index is 1.56. The lowest BCUT2D eigenvalue weighted by Crippen LogP contribution is -2.30. The SMILES string of the molecule is O=C(/C=C/c1cc2ccccc2o1)NC[C@@H]1CCCO1. The average Bonchev–Trinajstić information content (AvgIpc) is 3.11. The molecule has 0 spiro atoms. The van der Waals surface area contributed by atoms with Crippen LogP contribution in [0.5, 0.6) is 0 Å². The van der Waals surface area contributed by atoms with Crippen molar-refractivity contribution in [3.63, 3.8) is 0 Å². The summed E-state index contributed by atoms with van der Waals surface area (Å²) in [5, 5.41) is 3.87. The van der Waals surface area contributed by atoms with Crippen molar-refractivity contribution in [1.82, 2.24) is 5.32 Å². The summed E-state index contributed by atoms with van der Waals surface area (Å²) in [5.41, 5.74) is 0.826. The number of furan rings is 1. The Morgan fingerprint density at radius 2 is 2.30 bits per heavy atom. The molecule has 1 aliphatic rings. The largest absolute Gasteiger partial charge is 0.457 e. The molecule has 4 nitrogen and oxygen atoms in total. The fraction of sp³-hybridized carbons (Fsp3) is 0.312. The number of hydrogen-bond donors (Lipinski definition) is 1. The summed E-state index contributed by atoms with van der Waals surface area (Å²) in [5.74, 6) is 0.555. The summed E-state index contributed by atoms with van der Waals surface area (Å²) in [6.45, 7) is 1.37. The summed E-state index contributed by atoms with van der Waals surface area (Å²) in [7, 11) is 0. The molecule has 0 unspecified atom stereocenters. The maximum Gasteiger partial charge on any atom is 0.244 e. The van der Waals surface area contributed by atoms with Crippen LogP contribution in [0.2, 0.25) is 0 Å². The van der Waals surface area contributed by atoms with Gasteiger partial charge in [0.15, 0.2) is 0 Å². The molecule has 20 heavy (non-hydrogen) atoms. The zero-order valence-corrected chi connectivity index (χ0v) is 11.2. The third-order valence-corrected chi connectivity index (χ3v) is 3.37. The first-order valence-corrected chi connectivity index (χ1v) is 6.87. The molecule has 3 rings (SSSR count). The number of rotatable bonds is 4. The van der Waals surface area contributed by atoms with Crippen molar-refractivity contribution >= 4 is 23.0 Å². The molecule has 1 amide bonds. The molecule has 2 aromatic rings. The van der Waals surface area contributed by atoms with Crippen molar-refractivity contribution in [2.45, 2.75) is 18.9 Å². The van der Waals surface area contributed by atoms with Crippen molar-refractivity contribution < 1.29 is 13.9 Å². The maximum atomic E-state index is 11.7. The zero-order valence-electron chi connectivity index (χ0n) is 11.2. The minimum Gasteiger partial charge on any atom is -0.457 e. The summed E-state index contributed by atoms with van der Waals surface area (Å²) < 4.78 is 11.1. The van der Waals surface area contributed by atoms with E-state index in [1.165, 1.54) is 6.08 Å². The number of para-hydroxylation sites is 1. The summed E-state index contributed by atoms with van der Waals surface area (Å²) in [4.78, 5) is 11.7. The van der Waals surface area contributed by atoms with Crippen LogP contribution in [0.15, 0.2) is 40.8 Å². The van der Waals surface area contributed by atoms with E-state index in [9.17, 15) is 4.79 Å². The van der Waals surface area contributed by atoms with Gasteiger partial charge in [-0.05, 0) is 31.1 Å². The second-order valence-corrected chi connectivity index (χ2v) is 4.90. The first kappa shape index (κ1) is 12.9. The quantitative estimate of drug-likeness (QED) is 0.870. The van der Waals surface area contributed by atoms with E-state index < -0.39 is 0 Å². The normalized spacial score (nSPS) is 18.9. The highest BCUT2D eigenvalue weighted by atomic mass is 16.5. The Morgan fingerprint density at radius 1 is 1.40 bits per heavy atom. The molecule has 0 saturated carbocycles. The molecular formula is C16H17NO3. The Kier molecular flexibility index (Phi) is 3.83. The second-order valence-electron chi connectivity index (χ2n) is 4.90. The standard InChI is InChI=1S/C16H17NO3/c18-16(17-11-14-5-3-9-19-14)8-7-13-10-12-4-1-2-6-15(12)20-13/h1-2,4,6-8,10,14H,3,5,9,11H2,(H,17,18)/b8-7+/t14-/m0/s1. The van der Waals surface area contributed by atoms with Gasteiger partial charge >= 0.3 is 0 Å². The van der Waals surface area contributed by atoms with Crippen molar-refractivity contribution in [2.24, 2.45) is 0 Å². The van der Waals surface area contributed by atoms with Gasteiger partial charge < -0.3 is 14.5 Å². The average molecular weight is 271 g/mol. The molecule has 1 fully saturated rings. The van der Waals surface area contributed by atoms with Crippen LogP contribution in [0.3, 0.4) is 0 Å². The molecule has 104 valence electrons. The van der Waals surface area contributed by atoms with Crippen molar-refractivity contribution in [2.75, 3.05) is 13.2 Å². The van der Waals surface area contributed by atoms with Crippen LogP contribution in [0.1, 0.15) is 18.6 Å². The van der Waals surface area contributed by atoms with Gasteiger partial charge in [0, 0.05) is 24.6 Å². The van der Waals surface area contributed by atoms with E-state index in [2.05, 4.69) is 5.32 Å². The van der Waals surface area contributed by atoms with Crippen LogP contribution in [0.4, 0.5) is 0 Å². The summed E-state index contributed by atoms with van der Waals surface area (Å²) in [6.07, 6.45) is 5.44. The molecule has 2 heterocycles. The fourth-order valence-electron chi connectivity index (χ4n) is 2.32. The van der Waals surface area contributed by atoms with Gasteiger partial charge in [0.05, 0.1) is 6.10 Å². The zero-order chi connectivity index (χ0) is 13.8. The molecule has 0 radical (unpaired) electrons. The van der Waals surface area contributed by atoms with Crippen LogP contribution < -0.4 is 5.32 Å². The third-order valence-electron chi connectivity index (χ3n) is 3.37. The van der Waals surface area contributed by atoms with Crippen molar-refractivity contribution in [1.29, 1.82) is 0 Å². The fourth-order valence-corrected chi connectivity index (χ4v) is 2.32. The highest BCUT2D eigenvalue weighted by Crippen LogP contribution is 2.19. The van der Waals surface area contributed by atoms with Crippen LogP contribution in [0.25, 0.3) is 17.0 Å². The highest BCUT2D eigenvalue weighted by molar-refractivity contribution is 5.92. The second kappa shape index (κ2) is 5.92. The van der Waals surface area contributed by atoms with Crippen LogP contribution in [-0.4, -0.2) is 25.2 Å². The van der Waals surface area contributed by atoms with Gasteiger partial charge in [0.1, 0.15) is 11.3 Å². The number of nitrogens with one attached hydrogen (secondary N) is 1. The summed E-state index contributed by atoms with van der Waals surface area (Å²) in [6, 6.07) is 9.68. The third kappa shape index (κ3) is 3.08. The predicted octanol–water partition coefficient (Wildman–Crippen LogP) is 2.74. The molecule has 0 aliphatic carbocycles. The Bertz CT molecular complexity index is 590. The lowest BCUT2D eigenvalue weighted by atomic mass is 10.2. The molecule has 1 saturated heterocycles. The van der Waals surface area contributed by atoms with Crippen LogP contribution in [-0.2, 0) is 9.53 Å². The minimum absolute atomic E-state index is 0.124. The van der Waals surface area contributed by atoms with E-state index in [1.807, 2.05) is 30.3 Å². The number of hydrogen-bond acceptors (Lipinski definition) is 3. The molecule has 0 bridgehead atoms. The number of fused-ring (bicyclic) bond motifs is 1. The maximum absolute atomic E-state index is 11.7. The minimum atomic E-state index is -0.124. The topological polar surface area (TPSA) is 51.5 Å². The molecule has 1 aromatic heterocycles. The molecule has 1 aromatic carbocycles. The number of amides is 1. The van der Waals surface area contributed by atoms with Gasteiger partial charge in [0.2, 0.25) is 5.91 Å². The molecule has 1 N–H and O–H groups in total. The lowest BCUT2D eigenvalue weighted by Gasteiger charge is -2.08. The monoisotopic (exact) mass is 271 g/mol. The van der Waals surface area contributed by atoms with Gasteiger partial charge in [-0.3, -0.25) is 4.79 Å². The van der Waals surface area contributed by atoms with Crippen molar-refractivity contribution in [3.8, 4) is 0 Å². The van der Waals surface area contributed by atoms with Crippen molar-refractivity contribution in [3.05, 3.63) is 42.2 Å². The smallest absolute Gasteiger partial charge is 0.244 e. The Labute approximate surface area is 117 Å². The van der Waals surface area contributed by atoms with E-state index in [4.69, 9.17) is 9.15 Å². The molecular weight excluding hydrogens is 254 g/mol. The Morgan fingerprint density at radius 3 is 3.10 bits per heavy atom. The van der Waals surface area contributed by atoms with Gasteiger partial charge in [-0.1, -0.05) is 18.2 Å². The Hall–Kier alpha value is -2.07. The number of ether oxygens (including phenoxy) is 1. The van der Waals surface area contributed by atoms with E-state index in [0.29, 0.717) is 12.3 Å². The van der Waals surface area contributed by atoms with E-state index in [1.54, 1.807) is 6.08 Å². The van der Waals surface area contributed by atoms with E-state index in [-0.39, 0.29) is 12.0 Å². The first-order valence-electron chi connectivity index (χ1n) is 6.87. The van der Waals surface area contributed by atoms with E-state index >= 15 is 0 Å².